The van der Waals surface area contributed by atoms with E-state index in [1.165, 1.54) is 0 Å². The van der Waals surface area contributed by atoms with Crippen LogP contribution in [-0.4, -0.2) is 42.2 Å². The number of carbonyl (C=O) groups is 1. The summed E-state index contributed by atoms with van der Waals surface area (Å²) >= 11 is 0. The van der Waals surface area contributed by atoms with Gasteiger partial charge in [-0.3, -0.25) is 9.79 Å². The van der Waals surface area contributed by atoms with Crippen molar-refractivity contribution in [2.24, 2.45) is 4.99 Å². The molecule has 0 spiro atoms. The zero-order valence-electron chi connectivity index (χ0n) is 16.2. The van der Waals surface area contributed by atoms with Gasteiger partial charge in [0.25, 0.3) is 0 Å². The normalized spacial score (nSPS) is 12.1. The lowest BCUT2D eigenvalue weighted by molar-refractivity contribution is -0.154. The van der Waals surface area contributed by atoms with Crippen LogP contribution < -0.4 is 10.6 Å². The lowest BCUT2D eigenvalue weighted by atomic mass is 10.1. The van der Waals surface area contributed by atoms with Gasteiger partial charge >= 0.3 is 5.97 Å². The Kier molecular flexibility index (Phi) is 9.73. The quantitative estimate of drug-likeness (QED) is 0.295. The topological polar surface area (TPSA) is 67.7 Å². The number of hydrogen-bond donors (Lipinski definition) is 2. The van der Waals surface area contributed by atoms with Crippen LogP contribution in [0.3, 0.4) is 0 Å². The molecule has 25 heavy (non-hydrogen) atoms. The number of ether oxygens (including phenoxy) is 1. The molecule has 1 heterocycles. The van der Waals surface area contributed by atoms with E-state index in [2.05, 4.69) is 32.6 Å². The lowest BCUT2D eigenvalue weighted by Gasteiger charge is -2.19. The van der Waals surface area contributed by atoms with Crippen molar-refractivity contribution < 1.29 is 9.53 Å². The predicted molar refractivity (Wildman–Crippen MR) is 103 cm³/mol. The molecule has 0 saturated heterocycles. The van der Waals surface area contributed by atoms with Crippen molar-refractivity contribution in [3.63, 3.8) is 0 Å². The van der Waals surface area contributed by atoms with Gasteiger partial charge in [-0.05, 0) is 45.7 Å². The fourth-order valence-electron chi connectivity index (χ4n) is 2.39. The van der Waals surface area contributed by atoms with E-state index >= 15 is 0 Å². The maximum atomic E-state index is 11.6. The molecule has 0 radical (unpaired) electrons. The zero-order chi connectivity index (χ0) is 18.5. The van der Waals surface area contributed by atoms with Crippen LogP contribution in [0.4, 0.5) is 0 Å². The number of aromatic nitrogens is 1. The summed E-state index contributed by atoms with van der Waals surface area (Å²) in [6.07, 6.45) is 8.69. The van der Waals surface area contributed by atoms with Crippen molar-refractivity contribution in [3.05, 3.63) is 24.5 Å². The van der Waals surface area contributed by atoms with Gasteiger partial charge in [0, 0.05) is 45.5 Å². The largest absolute Gasteiger partial charge is 0.460 e. The van der Waals surface area contributed by atoms with E-state index in [4.69, 9.17) is 4.74 Å². The molecule has 0 amide bonds. The molecule has 2 N–H and O–H groups in total. The van der Waals surface area contributed by atoms with Crippen molar-refractivity contribution in [3.8, 4) is 0 Å². The zero-order valence-corrected chi connectivity index (χ0v) is 16.2. The number of aliphatic imine (C=N–C) groups is 1. The molecule has 142 valence electrons. The maximum absolute atomic E-state index is 11.6. The molecule has 0 saturated carbocycles. The van der Waals surface area contributed by atoms with Crippen LogP contribution >= 0.6 is 0 Å². The first-order chi connectivity index (χ1) is 11.9. The van der Waals surface area contributed by atoms with Gasteiger partial charge < -0.3 is 19.9 Å². The molecule has 1 aromatic rings. The van der Waals surface area contributed by atoms with E-state index in [1.807, 2.05) is 32.9 Å². The summed E-state index contributed by atoms with van der Waals surface area (Å²) in [5.74, 6) is 0.735. The number of esters is 1. The molecule has 0 aromatic carbocycles. The number of nitrogens with zero attached hydrogens (tertiary/aromatic N) is 2. The molecular weight excluding hydrogens is 316 g/mol. The van der Waals surface area contributed by atoms with Crippen molar-refractivity contribution >= 4 is 11.9 Å². The average molecular weight is 351 g/mol. The number of unbranched alkanes of at least 4 members (excludes halogenated alkanes) is 3. The molecule has 0 aliphatic carbocycles. The summed E-state index contributed by atoms with van der Waals surface area (Å²) in [4.78, 5) is 15.8. The van der Waals surface area contributed by atoms with Gasteiger partial charge in [0.05, 0.1) is 0 Å². The molecule has 0 bridgehead atoms. The first kappa shape index (κ1) is 21.1. The monoisotopic (exact) mass is 350 g/mol. The van der Waals surface area contributed by atoms with Crippen LogP contribution in [-0.2, 0) is 16.1 Å². The fraction of sp³-hybridized carbons (Fsp3) is 0.684. The molecule has 1 aromatic heterocycles. The number of carbonyl (C=O) groups excluding carboxylic acids is 1. The highest BCUT2D eigenvalue weighted by molar-refractivity contribution is 5.79. The third kappa shape index (κ3) is 11.2. The first-order valence-corrected chi connectivity index (χ1v) is 9.18. The predicted octanol–water partition coefficient (Wildman–Crippen LogP) is 2.95. The minimum Gasteiger partial charge on any atom is -0.460 e. The third-order valence-electron chi connectivity index (χ3n) is 3.57. The van der Waals surface area contributed by atoms with Crippen LogP contribution in [0.1, 0.15) is 52.9 Å². The molecule has 0 fully saturated rings. The van der Waals surface area contributed by atoms with E-state index in [1.54, 1.807) is 7.05 Å². The van der Waals surface area contributed by atoms with Crippen LogP contribution in [0.15, 0.2) is 29.5 Å². The van der Waals surface area contributed by atoms with Gasteiger partial charge in [-0.25, -0.2) is 0 Å². The van der Waals surface area contributed by atoms with Crippen molar-refractivity contribution in [1.82, 2.24) is 15.2 Å². The summed E-state index contributed by atoms with van der Waals surface area (Å²) < 4.78 is 7.43. The van der Waals surface area contributed by atoms with Crippen molar-refractivity contribution in [2.45, 2.75) is 65.0 Å². The highest BCUT2D eigenvalue weighted by atomic mass is 16.6. The van der Waals surface area contributed by atoms with Gasteiger partial charge in [0.2, 0.25) is 0 Å². The molecule has 0 aliphatic heterocycles. The van der Waals surface area contributed by atoms with Crippen LogP contribution in [0, 0.1) is 0 Å². The highest BCUT2D eigenvalue weighted by Crippen LogP contribution is 2.10. The lowest BCUT2D eigenvalue weighted by Crippen LogP contribution is -2.39. The Labute approximate surface area is 152 Å². The van der Waals surface area contributed by atoms with Crippen molar-refractivity contribution in [1.29, 1.82) is 0 Å². The Bertz CT molecular complexity index is 504. The Morgan fingerprint density at radius 2 is 1.68 bits per heavy atom. The second-order valence-electron chi connectivity index (χ2n) is 7.10. The molecule has 1 rings (SSSR count). The maximum Gasteiger partial charge on any atom is 0.306 e. The van der Waals surface area contributed by atoms with Crippen molar-refractivity contribution in [2.75, 3.05) is 20.1 Å². The molecular formula is C19H34N4O2. The standard InChI is InChI=1S/C19H34N4O2/c1-19(2,3)25-17(24)11-7-5-6-8-12-21-18(20-4)22-13-16-23-14-9-10-15-23/h9-10,14-15H,5-8,11-13,16H2,1-4H3,(H2,20,21,22). The SMILES string of the molecule is CN=C(NCCCCCCC(=O)OC(C)(C)C)NCCn1cccc1. The second-order valence-corrected chi connectivity index (χ2v) is 7.10. The molecule has 6 heteroatoms. The summed E-state index contributed by atoms with van der Waals surface area (Å²) in [5.41, 5.74) is -0.384. The third-order valence-corrected chi connectivity index (χ3v) is 3.57. The van der Waals surface area contributed by atoms with E-state index < -0.39 is 0 Å². The minimum absolute atomic E-state index is 0.0991. The van der Waals surface area contributed by atoms with Gasteiger partial charge in [-0.15, -0.1) is 0 Å². The minimum atomic E-state index is -0.384. The second kappa shape index (κ2) is 11.6. The van der Waals surface area contributed by atoms with Crippen LogP contribution in [0.5, 0.6) is 0 Å². The summed E-state index contributed by atoms with van der Waals surface area (Å²) in [5, 5.41) is 6.62. The summed E-state index contributed by atoms with van der Waals surface area (Å²) in [7, 11) is 1.78. The number of nitrogens with one attached hydrogen (secondary N) is 2. The average Bonchev–Trinajstić information content (AvgIpc) is 3.03. The number of guanidine groups is 1. The van der Waals surface area contributed by atoms with E-state index in [0.29, 0.717) is 6.42 Å². The van der Waals surface area contributed by atoms with Gasteiger partial charge in [-0.1, -0.05) is 12.8 Å². The Balaban J connectivity index is 1.99. The van der Waals surface area contributed by atoms with E-state index in [9.17, 15) is 4.79 Å². The Morgan fingerprint density at radius 3 is 2.32 bits per heavy atom. The van der Waals surface area contributed by atoms with E-state index in [-0.39, 0.29) is 11.6 Å². The Morgan fingerprint density at radius 1 is 1.04 bits per heavy atom. The van der Waals surface area contributed by atoms with Gasteiger partial charge in [0.1, 0.15) is 5.60 Å². The van der Waals surface area contributed by atoms with Gasteiger partial charge in [-0.2, -0.15) is 0 Å². The first-order valence-electron chi connectivity index (χ1n) is 9.18. The molecule has 6 nitrogen and oxygen atoms in total. The van der Waals surface area contributed by atoms with E-state index in [0.717, 1.165) is 51.3 Å². The number of hydrogen-bond acceptors (Lipinski definition) is 3. The fourth-order valence-corrected chi connectivity index (χ4v) is 2.39. The summed E-state index contributed by atoms with van der Waals surface area (Å²) in [6, 6.07) is 4.05. The molecule has 0 unspecified atom stereocenters. The molecule has 0 aliphatic rings. The van der Waals surface area contributed by atoms with Crippen LogP contribution in [0.2, 0.25) is 0 Å². The highest BCUT2D eigenvalue weighted by Gasteiger charge is 2.15. The van der Waals surface area contributed by atoms with Gasteiger partial charge in [0.15, 0.2) is 5.96 Å². The number of rotatable bonds is 10. The smallest absolute Gasteiger partial charge is 0.306 e. The Hall–Kier alpha value is -1.98. The summed E-state index contributed by atoms with van der Waals surface area (Å²) in [6.45, 7) is 8.33. The van der Waals surface area contributed by atoms with Crippen LogP contribution in [0.25, 0.3) is 0 Å². The molecule has 0 atom stereocenters.